The number of aromatic nitrogens is 2. The molecule has 1 heterocycles. The monoisotopic (exact) mass is 374 g/mol. The first-order valence-electron chi connectivity index (χ1n) is 7.34. The minimum atomic E-state index is -0.0563. The molecule has 2 aromatic rings. The van der Waals surface area contributed by atoms with E-state index in [0.29, 0.717) is 25.3 Å². The molecule has 24 heavy (non-hydrogen) atoms. The van der Waals surface area contributed by atoms with Crippen LogP contribution in [0.1, 0.15) is 15.9 Å². The highest BCUT2D eigenvalue weighted by molar-refractivity contribution is 5.94. The van der Waals surface area contributed by atoms with Crippen molar-refractivity contribution in [1.82, 2.24) is 20.4 Å². The van der Waals surface area contributed by atoms with E-state index in [9.17, 15) is 4.79 Å². The molecule has 0 aliphatic carbocycles. The Morgan fingerprint density at radius 2 is 1.92 bits per heavy atom. The van der Waals surface area contributed by atoms with Gasteiger partial charge in [-0.3, -0.25) is 9.48 Å². The van der Waals surface area contributed by atoms with Gasteiger partial charge >= 0.3 is 0 Å². The molecule has 0 aliphatic heterocycles. The average Bonchev–Trinajstić information content (AvgIpc) is 3.04. The van der Waals surface area contributed by atoms with Gasteiger partial charge in [-0.25, -0.2) is 0 Å². The summed E-state index contributed by atoms with van der Waals surface area (Å²) in [6, 6.07) is 9.47. The second kappa shape index (κ2) is 12.8. The molecule has 0 bridgehead atoms. The van der Waals surface area contributed by atoms with Crippen LogP contribution in [0.5, 0.6) is 0 Å². The van der Waals surface area contributed by atoms with Crippen molar-refractivity contribution in [3.05, 3.63) is 53.9 Å². The average molecular weight is 375 g/mol. The summed E-state index contributed by atoms with van der Waals surface area (Å²) in [6.45, 7) is 3.49. The van der Waals surface area contributed by atoms with Gasteiger partial charge in [0.1, 0.15) is 0 Å². The third-order valence-corrected chi connectivity index (χ3v) is 3.19. The summed E-state index contributed by atoms with van der Waals surface area (Å²) >= 11 is 0. The highest BCUT2D eigenvalue weighted by Gasteiger charge is 2.04. The number of halogens is 2. The summed E-state index contributed by atoms with van der Waals surface area (Å²) in [7, 11) is 1.67. The molecule has 1 aromatic heterocycles. The van der Waals surface area contributed by atoms with Crippen LogP contribution in [0.2, 0.25) is 0 Å². The number of rotatable bonds is 9. The van der Waals surface area contributed by atoms with Gasteiger partial charge in [0, 0.05) is 44.7 Å². The number of hydrogen-bond acceptors (Lipinski definition) is 4. The minimum absolute atomic E-state index is 0. The van der Waals surface area contributed by atoms with Crippen molar-refractivity contribution in [3.63, 3.8) is 0 Å². The highest BCUT2D eigenvalue weighted by atomic mass is 35.5. The standard InChI is InChI=1S/C16H22N4O2.2ClH/c1-22-12-10-17-8-9-18-16(21)15-5-3-14(4-6-15)13-20-11-2-7-19-20;;/h2-7,11,17H,8-10,12-13H2,1H3,(H,18,21);2*1H. The molecular weight excluding hydrogens is 351 g/mol. The summed E-state index contributed by atoms with van der Waals surface area (Å²) in [5, 5.41) is 10.2. The lowest BCUT2D eigenvalue weighted by atomic mass is 10.1. The lowest BCUT2D eigenvalue weighted by Gasteiger charge is -2.07. The van der Waals surface area contributed by atoms with Crippen molar-refractivity contribution in [2.75, 3.05) is 33.4 Å². The summed E-state index contributed by atoms with van der Waals surface area (Å²) < 4.78 is 6.78. The Morgan fingerprint density at radius 1 is 1.17 bits per heavy atom. The molecule has 0 radical (unpaired) electrons. The van der Waals surface area contributed by atoms with Gasteiger partial charge < -0.3 is 15.4 Å². The number of carbonyl (C=O) groups excluding carboxylic acids is 1. The molecular formula is C16H24Cl2N4O2. The molecule has 134 valence electrons. The minimum Gasteiger partial charge on any atom is -0.383 e. The summed E-state index contributed by atoms with van der Waals surface area (Å²) in [4.78, 5) is 12.0. The summed E-state index contributed by atoms with van der Waals surface area (Å²) in [6.07, 6.45) is 3.67. The normalized spacial score (nSPS) is 9.71. The third-order valence-electron chi connectivity index (χ3n) is 3.19. The fourth-order valence-electron chi connectivity index (χ4n) is 2.01. The topological polar surface area (TPSA) is 68.2 Å². The van der Waals surface area contributed by atoms with Crippen LogP contribution in [0.4, 0.5) is 0 Å². The van der Waals surface area contributed by atoms with Gasteiger partial charge in [-0.2, -0.15) is 5.10 Å². The molecule has 0 saturated carbocycles. The molecule has 8 heteroatoms. The first-order valence-corrected chi connectivity index (χ1v) is 7.34. The molecule has 2 rings (SSSR count). The summed E-state index contributed by atoms with van der Waals surface area (Å²) in [5.74, 6) is -0.0563. The molecule has 0 fully saturated rings. The van der Waals surface area contributed by atoms with Crippen LogP contribution in [-0.4, -0.2) is 49.0 Å². The highest BCUT2D eigenvalue weighted by Crippen LogP contribution is 2.06. The van der Waals surface area contributed by atoms with Crippen molar-refractivity contribution in [1.29, 1.82) is 0 Å². The van der Waals surface area contributed by atoms with Crippen LogP contribution in [0, 0.1) is 0 Å². The lowest BCUT2D eigenvalue weighted by molar-refractivity contribution is 0.0953. The number of nitrogens with zero attached hydrogens (tertiary/aromatic N) is 2. The zero-order chi connectivity index (χ0) is 15.6. The quantitative estimate of drug-likeness (QED) is 0.656. The second-order valence-corrected chi connectivity index (χ2v) is 4.90. The van der Waals surface area contributed by atoms with Crippen molar-refractivity contribution < 1.29 is 9.53 Å². The maximum absolute atomic E-state index is 12.0. The number of methoxy groups -OCH3 is 1. The maximum atomic E-state index is 12.0. The van der Waals surface area contributed by atoms with Crippen molar-refractivity contribution >= 4 is 30.7 Å². The fourth-order valence-corrected chi connectivity index (χ4v) is 2.01. The van der Waals surface area contributed by atoms with Gasteiger partial charge in [-0.1, -0.05) is 12.1 Å². The molecule has 2 N–H and O–H groups in total. The Labute approximate surface area is 154 Å². The largest absolute Gasteiger partial charge is 0.383 e. The number of ether oxygens (including phenoxy) is 1. The van der Waals surface area contributed by atoms with Crippen LogP contribution < -0.4 is 10.6 Å². The van der Waals surface area contributed by atoms with Crippen LogP contribution in [0.15, 0.2) is 42.7 Å². The van der Waals surface area contributed by atoms with Gasteiger partial charge in [0.15, 0.2) is 0 Å². The fraction of sp³-hybridized carbons (Fsp3) is 0.375. The molecule has 0 spiro atoms. The number of hydrogen-bond donors (Lipinski definition) is 2. The number of amides is 1. The van der Waals surface area contributed by atoms with Gasteiger partial charge in [-0.15, -0.1) is 24.8 Å². The molecule has 0 unspecified atom stereocenters. The van der Waals surface area contributed by atoms with Gasteiger partial charge in [-0.05, 0) is 23.8 Å². The van der Waals surface area contributed by atoms with Gasteiger partial charge in [0.25, 0.3) is 5.91 Å². The van der Waals surface area contributed by atoms with Gasteiger partial charge in [0.05, 0.1) is 13.2 Å². The predicted octanol–water partition coefficient (Wildman–Crippen LogP) is 1.74. The first-order chi connectivity index (χ1) is 10.8. The second-order valence-electron chi connectivity index (χ2n) is 4.90. The Kier molecular flexibility index (Phi) is 11.9. The maximum Gasteiger partial charge on any atom is 0.251 e. The van der Waals surface area contributed by atoms with E-state index in [0.717, 1.165) is 18.7 Å². The zero-order valence-corrected chi connectivity index (χ0v) is 15.2. The molecule has 6 nitrogen and oxygen atoms in total. The molecule has 0 atom stereocenters. The van der Waals surface area contributed by atoms with E-state index in [1.807, 2.05) is 41.2 Å². The van der Waals surface area contributed by atoms with E-state index in [-0.39, 0.29) is 30.7 Å². The van der Waals surface area contributed by atoms with Crippen molar-refractivity contribution in [2.45, 2.75) is 6.54 Å². The van der Waals surface area contributed by atoms with E-state index in [2.05, 4.69) is 15.7 Å². The SMILES string of the molecule is COCCNCCNC(=O)c1ccc(Cn2cccn2)cc1.Cl.Cl. The van der Waals surface area contributed by atoms with Crippen LogP contribution >= 0.6 is 24.8 Å². The third kappa shape index (κ3) is 7.79. The van der Waals surface area contributed by atoms with Gasteiger partial charge in [0.2, 0.25) is 0 Å². The van der Waals surface area contributed by atoms with E-state index >= 15 is 0 Å². The Morgan fingerprint density at radius 3 is 2.54 bits per heavy atom. The van der Waals surface area contributed by atoms with E-state index < -0.39 is 0 Å². The molecule has 0 aliphatic rings. The van der Waals surface area contributed by atoms with Crippen molar-refractivity contribution in [3.8, 4) is 0 Å². The Hall–Kier alpha value is -1.60. The Bertz CT molecular complexity index is 562. The van der Waals surface area contributed by atoms with Crippen molar-refractivity contribution in [2.24, 2.45) is 0 Å². The zero-order valence-electron chi connectivity index (χ0n) is 13.6. The number of nitrogens with one attached hydrogen (secondary N) is 2. The van der Waals surface area contributed by atoms with E-state index in [4.69, 9.17) is 4.74 Å². The number of benzene rings is 1. The predicted molar refractivity (Wildman–Crippen MR) is 99.3 cm³/mol. The van der Waals surface area contributed by atoms with Crippen LogP contribution in [0.3, 0.4) is 0 Å². The molecule has 1 amide bonds. The lowest BCUT2D eigenvalue weighted by Crippen LogP contribution is -2.33. The van der Waals surface area contributed by atoms with E-state index in [1.54, 1.807) is 13.3 Å². The summed E-state index contributed by atoms with van der Waals surface area (Å²) in [5.41, 5.74) is 1.78. The molecule has 0 saturated heterocycles. The molecule has 1 aromatic carbocycles. The van der Waals surface area contributed by atoms with E-state index in [1.165, 1.54) is 0 Å². The number of carbonyl (C=O) groups is 1. The smallest absolute Gasteiger partial charge is 0.251 e. The first kappa shape index (κ1) is 22.4. The Balaban J connectivity index is 0.00000264. The van der Waals surface area contributed by atoms with Crippen LogP contribution in [-0.2, 0) is 11.3 Å². The van der Waals surface area contributed by atoms with Crippen LogP contribution in [0.25, 0.3) is 0 Å².